The molecule has 2 rings (SSSR count). The maximum absolute atomic E-state index is 10.8. The highest BCUT2D eigenvalue weighted by Crippen LogP contribution is 2.26. The molecule has 1 aromatic heterocycles. The predicted octanol–water partition coefficient (Wildman–Crippen LogP) is 2.49. The van der Waals surface area contributed by atoms with Crippen LogP contribution in [0.25, 0.3) is 0 Å². The Morgan fingerprint density at radius 2 is 1.95 bits per heavy atom. The summed E-state index contributed by atoms with van der Waals surface area (Å²) in [6, 6.07) is 0. The smallest absolute Gasteiger partial charge is 0.303 e. The second kappa shape index (κ2) is 6.24. The lowest BCUT2D eigenvalue weighted by molar-refractivity contribution is -0.139. The van der Waals surface area contributed by atoms with Crippen molar-refractivity contribution in [1.29, 1.82) is 0 Å². The van der Waals surface area contributed by atoms with Crippen LogP contribution in [0.2, 0.25) is 0 Å². The number of carbonyl (C=O) groups is 1. The van der Waals surface area contributed by atoms with Gasteiger partial charge in [-0.15, -0.1) is 0 Å². The Kier molecular flexibility index (Phi) is 4.62. The van der Waals surface area contributed by atoms with E-state index in [4.69, 9.17) is 9.63 Å². The standard InChI is InChI=1S/C14H23N3O3/c1-14(2,10-12(18)19)9-11-15-13(16-20-11)17-7-5-3-4-6-8-17/h3-10H2,1-2H3,(H,18,19). The van der Waals surface area contributed by atoms with E-state index in [1.807, 2.05) is 13.8 Å². The average molecular weight is 281 g/mol. The van der Waals surface area contributed by atoms with Crippen LogP contribution in [-0.4, -0.2) is 34.3 Å². The van der Waals surface area contributed by atoms with Crippen LogP contribution in [0.3, 0.4) is 0 Å². The molecule has 0 unspecified atom stereocenters. The molecule has 0 radical (unpaired) electrons. The molecule has 0 spiro atoms. The molecule has 1 saturated heterocycles. The summed E-state index contributed by atoms with van der Waals surface area (Å²) in [4.78, 5) is 17.4. The van der Waals surface area contributed by atoms with Gasteiger partial charge in [-0.25, -0.2) is 0 Å². The van der Waals surface area contributed by atoms with Crippen LogP contribution in [0, 0.1) is 5.41 Å². The van der Waals surface area contributed by atoms with Crippen molar-refractivity contribution < 1.29 is 14.4 Å². The van der Waals surface area contributed by atoms with Gasteiger partial charge in [-0.1, -0.05) is 26.7 Å². The van der Waals surface area contributed by atoms with Crippen LogP contribution in [0.1, 0.15) is 51.8 Å². The molecule has 1 aliphatic heterocycles. The molecule has 1 fully saturated rings. The van der Waals surface area contributed by atoms with Gasteiger partial charge < -0.3 is 14.5 Å². The van der Waals surface area contributed by atoms with E-state index in [9.17, 15) is 4.79 Å². The normalized spacial score (nSPS) is 17.0. The minimum atomic E-state index is -0.803. The third-order valence-electron chi connectivity index (χ3n) is 3.61. The van der Waals surface area contributed by atoms with Gasteiger partial charge in [0.2, 0.25) is 5.89 Å². The number of aromatic nitrogens is 2. The van der Waals surface area contributed by atoms with E-state index in [2.05, 4.69) is 15.0 Å². The first-order chi connectivity index (χ1) is 9.46. The molecule has 2 heterocycles. The minimum Gasteiger partial charge on any atom is -0.481 e. The largest absolute Gasteiger partial charge is 0.481 e. The molecule has 6 nitrogen and oxygen atoms in total. The lowest BCUT2D eigenvalue weighted by atomic mass is 9.86. The van der Waals surface area contributed by atoms with Crippen molar-refractivity contribution in [2.45, 2.75) is 52.4 Å². The zero-order chi connectivity index (χ0) is 14.6. The fourth-order valence-electron chi connectivity index (χ4n) is 2.60. The third kappa shape index (κ3) is 4.21. The Bertz CT molecular complexity index is 448. The summed E-state index contributed by atoms with van der Waals surface area (Å²) in [5.74, 6) is 0.366. The highest BCUT2D eigenvalue weighted by Gasteiger charge is 2.26. The van der Waals surface area contributed by atoms with Crippen LogP contribution >= 0.6 is 0 Å². The van der Waals surface area contributed by atoms with Crippen molar-refractivity contribution >= 4 is 11.9 Å². The van der Waals surface area contributed by atoms with E-state index >= 15 is 0 Å². The van der Waals surface area contributed by atoms with Gasteiger partial charge in [-0.2, -0.15) is 4.98 Å². The summed E-state index contributed by atoms with van der Waals surface area (Å²) in [5.41, 5.74) is -0.381. The lowest BCUT2D eigenvalue weighted by Crippen LogP contribution is -2.25. The van der Waals surface area contributed by atoms with E-state index < -0.39 is 5.97 Å². The van der Waals surface area contributed by atoms with Crippen LogP contribution < -0.4 is 4.90 Å². The Morgan fingerprint density at radius 3 is 2.55 bits per heavy atom. The first-order valence-electron chi connectivity index (χ1n) is 7.26. The van der Waals surface area contributed by atoms with Gasteiger partial charge in [0.15, 0.2) is 0 Å². The summed E-state index contributed by atoms with van der Waals surface area (Å²) >= 11 is 0. The van der Waals surface area contributed by atoms with Crippen molar-refractivity contribution in [1.82, 2.24) is 10.1 Å². The summed E-state index contributed by atoms with van der Waals surface area (Å²) in [5, 5.41) is 12.9. The van der Waals surface area contributed by atoms with E-state index in [0.717, 1.165) is 25.9 Å². The summed E-state index contributed by atoms with van der Waals surface area (Å²) in [6.07, 6.45) is 5.41. The molecule has 1 aliphatic rings. The fraction of sp³-hybridized carbons (Fsp3) is 0.786. The van der Waals surface area contributed by atoms with Gasteiger partial charge in [0.25, 0.3) is 5.95 Å². The number of nitrogens with zero attached hydrogens (tertiary/aromatic N) is 3. The van der Waals surface area contributed by atoms with Gasteiger partial charge in [0.1, 0.15) is 0 Å². The second-order valence-electron chi connectivity index (χ2n) is 6.30. The van der Waals surface area contributed by atoms with E-state index in [0.29, 0.717) is 18.3 Å². The van der Waals surface area contributed by atoms with E-state index in [1.165, 1.54) is 12.8 Å². The number of anilines is 1. The average Bonchev–Trinajstić information content (AvgIpc) is 2.62. The molecule has 20 heavy (non-hydrogen) atoms. The quantitative estimate of drug-likeness (QED) is 0.893. The second-order valence-corrected chi connectivity index (χ2v) is 6.30. The zero-order valence-electron chi connectivity index (χ0n) is 12.3. The maximum Gasteiger partial charge on any atom is 0.303 e. The molecule has 6 heteroatoms. The lowest BCUT2D eigenvalue weighted by Gasteiger charge is -2.19. The van der Waals surface area contributed by atoms with E-state index in [1.54, 1.807) is 0 Å². The molecule has 112 valence electrons. The molecule has 0 bridgehead atoms. The Hall–Kier alpha value is -1.59. The molecular formula is C14H23N3O3. The molecule has 0 amide bonds. The molecule has 0 aliphatic carbocycles. The van der Waals surface area contributed by atoms with E-state index in [-0.39, 0.29) is 11.8 Å². The van der Waals surface area contributed by atoms with Gasteiger partial charge >= 0.3 is 5.97 Å². The highest BCUT2D eigenvalue weighted by molar-refractivity contribution is 5.67. The van der Waals surface area contributed by atoms with Crippen molar-refractivity contribution in [3.05, 3.63) is 5.89 Å². The van der Waals surface area contributed by atoms with Crippen molar-refractivity contribution in [2.75, 3.05) is 18.0 Å². The number of carboxylic acid groups (broad SMARTS) is 1. The molecule has 1 aromatic rings. The maximum atomic E-state index is 10.8. The zero-order valence-corrected chi connectivity index (χ0v) is 12.3. The minimum absolute atomic E-state index is 0.0917. The van der Waals surface area contributed by atoms with Crippen LogP contribution in [0.5, 0.6) is 0 Å². The molecule has 0 aromatic carbocycles. The van der Waals surface area contributed by atoms with Crippen molar-refractivity contribution in [2.24, 2.45) is 5.41 Å². The van der Waals surface area contributed by atoms with Gasteiger partial charge in [0.05, 0.1) is 6.42 Å². The number of aliphatic carboxylic acids is 1. The number of hydrogen-bond donors (Lipinski definition) is 1. The van der Waals surface area contributed by atoms with Gasteiger partial charge in [-0.05, 0) is 23.4 Å². The van der Waals surface area contributed by atoms with Crippen molar-refractivity contribution in [3.63, 3.8) is 0 Å². The van der Waals surface area contributed by atoms with Gasteiger partial charge in [-0.3, -0.25) is 4.79 Å². The molecule has 0 saturated carbocycles. The number of carboxylic acids is 1. The molecular weight excluding hydrogens is 258 g/mol. The monoisotopic (exact) mass is 281 g/mol. The predicted molar refractivity (Wildman–Crippen MR) is 74.7 cm³/mol. The van der Waals surface area contributed by atoms with Crippen molar-refractivity contribution in [3.8, 4) is 0 Å². The Labute approximate surface area is 119 Å². The molecule has 1 N–H and O–H groups in total. The molecule has 0 atom stereocenters. The van der Waals surface area contributed by atoms with Gasteiger partial charge in [0, 0.05) is 19.5 Å². The Morgan fingerprint density at radius 1 is 1.30 bits per heavy atom. The highest BCUT2D eigenvalue weighted by atomic mass is 16.5. The van der Waals surface area contributed by atoms with Crippen LogP contribution in [0.4, 0.5) is 5.95 Å². The Balaban J connectivity index is 1.99. The third-order valence-corrected chi connectivity index (χ3v) is 3.61. The van der Waals surface area contributed by atoms with Crippen LogP contribution in [-0.2, 0) is 11.2 Å². The summed E-state index contributed by atoms with van der Waals surface area (Å²) < 4.78 is 5.28. The summed E-state index contributed by atoms with van der Waals surface area (Å²) in [7, 11) is 0. The topological polar surface area (TPSA) is 79.5 Å². The first kappa shape index (κ1) is 14.8. The SMILES string of the molecule is CC(C)(CC(=O)O)Cc1nc(N2CCCCCC2)no1. The summed E-state index contributed by atoms with van der Waals surface area (Å²) in [6.45, 7) is 5.74. The number of rotatable bonds is 5. The fourth-order valence-corrected chi connectivity index (χ4v) is 2.60. The van der Waals surface area contributed by atoms with Crippen LogP contribution in [0.15, 0.2) is 4.52 Å². The number of hydrogen-bond acceptors (Lipinski definition) is 5. The first-order valence-corrected chi connectivity index (χ1v) is 7.26.